The summed E-state index contributed by atoms with van der Waals surface area (Å²) in [5.74, 6) is -0.155. The van der Waals surface area contributed by atoms with E-state index in [1.165, 1.54) is 0 Å². The Hall–Kier alpha value is -2.27. The molecule has 5 nitrogen and oxygen atoms in total. The van der Waals surface area contributed by atoms with Gasteiger partial charge < -0.3 is 14.3 Å². The van der Waals surface area contributed by atoms with Crippen LogP contribution in [0.15, 0.2) is 40.9 Å². The Balaban J connectivity index is 1.74. The topological polar surface area (TPSA) is 60.1 Å². The molecule has 0 saturated heterocycles. The first-order valence-electron chi connectivity index (χ1n) is 7.04. The Morgan fingerprint density at radius 3 is 3.00 bits per heavy atom. The van der Waals surface area contributed by atoms with Gasteiger partial charge in [0.15, 0.2) is 5.58 Å². The minimum atomic E-state index is -0.155. The molecule has 0 fully saturated rings. The van der Waals surface area contributed by atoms with Crippen molar-refractivity contribution >= 4 is 28.6 Å². The highest BCUT2D eigenvalue weighted by atomic mass is 35.5. The Morgan fingerprint density at radius 1 is 1.41 bits per heavy atom. The predicted molar refractivity (Wildman–Crippen MR) is 85.0 cm³/mol. The van der Waals surface area contributed by atoms with E-state index in [4.69, 9.17) is 16.0 Å². The lowest BCUT2D eigenvalue weighted by molar-refractivity contribution is 0.0950. The summed E-state index contributed by atoms with van der Waals surface area (Å²) in [5.41, 5.74) is 2.73. The lowest BCUT2D eigenvalue weighted by Gasteiger charge is -2.13. The predicted octanol–water partition coefficient (Wildman–Crippen LogP) is 3.79. The van der Waals surface area contributed by atoms with Crippen LogP contribution in [-0.4, -0.2) is 15.5 Å². The largest absolute Gasteiger partial charge is 0.428 e. The SMILES string of the molecule is CC(C)n1cccc1CNC(=O)c1ccc2oc(Cl)nc2c1. The standard InChI is InChI=1S/C16H16ClN3O2/c1-10(2)20-7-3-4-12(20)9-18-15(21)11-5-6-14-13(8-11)19-16(17)22-14/h3-8,10H,9H2,1-2H3,(H,18,21). The maximum absolute atomic E-state index is 12.3. The highest BCUT2D eigenvalue weighted by Crippen LogP contribution is 2.20. The van der Waals surface area contributed by atoms with Crippen molar-refractivity contribution in [2.75, 3.05) is 0 Å². The van der Waals surface area contributed by atoms with Crippen LogP contribution in [0.2, 0.25) is 5.35 Å². The minimum Gasteiger partial charge on any atom is -0.428 e. The van der Waals surface area contributed by atoms with Crippen LogP contribution in [0.1, 0.15) is 35.9 Å². The van der Waals surface area contributed by atoms with Crippen LogP contribution in [0.4, 0.5) is 0 Å². The number of benzene rings is 1. The number of fused-ring (bicyclic) bond motifs is 1. The summed E-state index contributed by atoms with van der Waals surface area (Å²) in [7, 11) is 0. The number of carbonyl (C=O) groups is 1. The maximum Gasteiger partial charge on any atom is 0.293 e. The quantitative estimate of drug-likeness (QED) is 0.796. The molecule has 0 saturated carbocycles. The van der Waals surface area contributed by atoms with Gasteiger partial charge in [-0.15, -0.1) is 0 Å². The minimum absolute atomic E-state index is 0.0716. The van der Waals surface area contributed by atoms with Crippen LogP contribution in [0.5, 0.6) is 0 Å². The molecule has 0 radical (unpaired) electrons. The number of halogens is 1. The van der Waals surface area contributed by atoms with Crippen molar-refractivity contribution in [3.63, 3.8) is 0 Å². The zero-order chi connectivity index (χ0) is 15.7. The number of amides is 1. The number of hydrogen-bond donors (Lipinski definition) is 1. The van der Waals surface area contributed by atoms with Gasteiger partial charge in [0.25, 0.3) is 11.3 Å². The van der Waals surface area contributed by atoms with Crippen LogP contribution >= 0.6 is 11.6 Å². The van der Waals surface area contributed by atoms with Crippen molar-refractivity contribution < 1.29 is 9.21 Å². The number of nitrogens with one attached hydrogen (secondary N) is 1. The summed E-state index contributed by atoms with van der Waals surface area (Å²) in [6, 6.07) is 9.39. The van der Waals surface area contributed by atoms with Crippen LogP contribution in [0.25, 0.3) is 11.1 Å². The number of hydrogen-bond acceptors (Lipinski definition) is 3. The second-order valence-electron chi connectivity index (χ2n) is 5.33. The number of aromatic nitrogens is 2. The third-order valence-corrected chi connectivity index (χ3v) is 3.64. The zero-order valence-electron chi connectivity index (χ0n) is 12.3. The van der Waals surface area contributed by atoms with Gasteiger partial charge in [0, 0.05) is 23.5 Å². The molecular weight excluding hydrogens is 302 g/mol. The van der Waals surface area contributed by atoms with Crippen molar-refractivity contribution in [3.8, 4) is 0 Å². The monoisotopic (exact) mass is 317 g/mol. The van der Waals surface area contributed by atoms with Gasteiger partial charge in [-0.1, -0.05) is 0 Å². The molecule has 3 aromatic rings. The normalized spacial score (nSPS) is 11.3. The van der Waals surface area contributed by atoms with Crippen molar-refractivity contribution in [3.05, 3.63) is 53.1 Å². The molecule has 0 spiro atoms. The molecular formula is C16H16ClN3O2. The smallest absolute Gasteiger partial charge is 0.293 e. The number of nitrogens with zero attached hydrogens (tertiary/aromatic N) is 2. The molecule has 0 bridgehead atoms. The molecule has 0 aliphatic rings. The van der Waals surface area contributed by atoms with Crippen LogP contribution in [0, 0.1) is 0 Å². The molecule has 0 atom stereocenters. The number of carbonyl (C=O) groups excluding carboxylic acids is 1. The third-order valence-electron chi connectivity index (χ3n) is 3.48. The van der Waals surface area contributed by atoms with Gasteiger partial charge in [-0.05, 0) is 55.8 Å². The second kappa shape index (κ2) is 5.85. The fourth-order valence-electron chi connectivity index (χ4n) is 2.40. The summed E-state index contributed by atoms with van der Waals surface area (Å²) >= 11 is 5.71. The molecule has 1 N–H and O–H groups in total. The lowest BCUT2D eigenvalue weighted by Crippen LogP contribution is -2.24. The molecule has 3 rings (SSSR count). The summed E-state index contributed by atoms with van der Waals surface area (Å²) in [6.07, 6.45) is 2.01. The first kappa shape index (κ1) is 14.7. The van der Waals surface area contributed by atoms with Crippen LogP contribution in [-0.2, 0) is 6.54 Å². The van der Waals surface area contributed by atoms with E-state index in [1.807, 2.05) is 18.3 Å². The maximum atomic E-state index is 12.3. The Bertz CT molecular complexity index is 820. The van der Waals surface area contributed by atoms with E-state index in [-0.39, 0.29) is 11.3 Å². The van der Waals surface area contributed by atoms with Gasteiger partial charge in [-0.2, -0.15) is 4.98 Å². The van der Waals surface area contributed by atoms with E-state index in [1.54, 1.807) is 18.2 Å². The van der Waals surface area contributed by atoms with Crippen molar-refractivity contribution in [1.82, 2.24) is 14.9 Å². The van der Waals surface area contributed by atoms with Gasteiger partial charge in [-0.25, -0.2) is 0 Å². The molecule has 6 heteroatoms. The van der Waals surface area contributed by atoms with E-state index in [0.717, 1.165) is 5.69 Å². The third kappa shape index (κ3) is 2.85. The zero-order valence-corrected chi connectivity index (χ0v) is 13.1. The molecule has 1 amide bonds. The molecule has 0 unspecified atom stereocenters. The number of oxazole rings is 1. The molecule has 0 aliphatic carbocycles. The van der Waals surface area contributed by atoms with Crippen molar-refractivity contribution in [2.45, 2.75) is 26.4 Å². The average Bonchev–Trinajstić information content (AvgIpc) is 3.08. The van der Waals surface area contributed by atoms with E-state index in [9.17, 15) is 4.79 Å². The second-order valence-corrected chi connectivity index (χ2v) is 5.66. The molecule has 114 valence electrons. The van der Waals surface area contributed by atoms with Crippen LogP contribution in [0.3, 0.4) is 0 Å². The highest BCUT2D eigenvalue weighted by molar-refractivity contribution is 6.28. The molecule has 0 aliphatic heterocycles. The van der Waals surface area contributed by atoms with E-state index in [2.05, 4.69) is 28.7 Å². The summed E-state index contributed by atoms with van der Waals surface area (Å²) < 4.78 is 7.31. The Kier molecular flexibility index (Phi) is 3.90. The first-order chi connectivity index (χ1) is 10.5. The van der Waals surface area contributed by atoms with Gasteiger partial charge in [0.1, 0.15) is 5.52 Å². The number of rotatable bonds is 4. The summed E-state index contributed by atoms with van der Waals surface area (Å²) in [6.45, 7) is 4.68. The average molecular weight is 318 g/mol. The summed E-state index contributed by atoms with van der Waals surface area (Å²) in [4.78, 5) is 16.3. The van der Waals surface area contributed by atoms with E-state index >= 15 is 0 Å². The van der Waals surface area contributed by atoms with E-state index < -0.39 is 0 Å². The Morgan fingerprint density at radius 2 is 2.23 bits per heavy atom. The molecule has 1 aromatic carbocycles. The van der Waals surface area contributed by atoms with Crippen molar-refractivity contribution in [2.24, 2.45) is 0 Å². The Labute approximate surface area is 132 Å². The lowest BCUT2D eigenvalue weighted by atomic mass is 10.2. The summed E-state index contributed by atoms with van der Waals surface area (Å²) in [5, 5.41) is 2.99. The molecule has 22 heavy (non-hydrogen) atoms. The van der Waals surface area contributed by atoms with Crippen molar-refractivity contribution in [1.29, 1.82) is 0 Å². The highest BCUT2D eigenvalue weighted by Gasteiger charge is 2.11. The fourth-order valence-corrected chi connectivity index (χ4v) is 2.57. The molecule has 2 heterocycles. The van der Waals surface area contributed by atoms with Gasteiger partial charge >= 0.3 is 0 Å². The molecule has 2 aromatic heterocycles. The van der Waals surface area contributed by atoms with Gasteiger partial charge in [-0.3, -0.25) is 4.79 Å². The van der Waals surface area contributed by atoms with Crippen LogP contribution < -0.4 is 5.32 Å². The first-order valence-corrected chi connectivity index (χ1v) is 7.42. The van der Waals surface area contributed by atoms with Gasteiger partial charge in [0.05, 0.1) is 6.54 Å². The fraction of sp³-hybridized carbons (Fsp3) is 0.250. The van der Waals surface area contributed by atoms with E-state index in [0.29, 0.717) is 29.2 Å². The van der Waals surface area contributed by atoms with Gasteiger partial charge in [0.2, 0.25) is 0 Å².